The van der Waals surface area contributed by atoms with E-state index in [4.69, 9.17) is 5.73 Å². The van der Waals surface area contributed by atoms with Crippen LogP contribution in [0.5, 0.6) is 0 Å². The fourth-order valence-corrected chi connectivity index (χ4v) is 2.13. The van der Waals surface area contributed by atoms with Gasteiger partial charge in [0.05, 0.1) is 0 Å². The quantitative estimate of drug-likeness (QED) is 0.723. The van der Waals surface area contributed by atoms with Gasteiger partial charge in [0.25, 0.3) is 0 Å². The van der Waals surface area contributed by atoms with Gasteiger partial charge < -0.3 is 11.1 Å². The van der Waals surface area contributed by atoms with E-state index in [1.807, 2.05) is 13.8 Å². The van der Waals surface area contributed by atoms with Gasteiger partial charge in [-0.15, -0.1) is 0 Å². The summed E-state index contributed by atoms with van der Waals surface area (Å²) in [5.41, 5.74) is 5.95. The van der Waals surface area contributed by atoms with Crippen LogP contribution in [0.25, 0.3) is 0 Å². The molecule has 14 heavy (non-hydrogen) atoms. The Morgan fingerprint density at radius 2 is 1.93 bits per heavy atom. The summed E-state index contributed by atoms with van der Waals surface area (Å²) in [4.78, 5) is 11.5. The molecule has 0 saturated heterocycles. The first-order valence-corrected chi connectivity index (χ1v) is 5.60. The molecule has 1 aliphatic carbocycles. The maximum absolute atomic E-state index is 11.5. The minimum atomic E-state index is -0.225. The van der Waals surface area contributed by atoms with Gasteiger partial charge >= 0.3 is 0 Å². The lowest BCUT2D eigenvalue weighted by atomic mass is 9.80. The Hall–Kier alpha value is -0.570. The van der Waals surface area contributed by atoms with E-state index in [1.165, 1.54) is 19.3 Å². The third-order valence-electron chi connectivity index (χ3n) is 2.81. The summed E-state index contributed by atoms with van der Waals surface area (Å²) in [6, 6.07) is 0.217. The van der Waals surface area contributed by atoms with E-state index < -0.39 is 0 Å². The van der Waals surface area contributed by atoms with Crippen LogP contribution >= 0.6 is 0 Å². The van der Waals surface area contributed by atoms with Crippen molar-refractivity contribution in [1.82, 2.24) is 5.32 Å². The van der Waals surface area contributed by atoms with Gasteiger partial charge in [-0.25, -0.2) is 0 Å². The molecular formula is C11H22N2O. The number of carbonyl (C=O) groups excluding carboxylic acids is 1. The second-order valence-electron chi connectivity index (χ2n) is 4.82. The molecule has 0 atom stereocenters. The average Bonchev–Trinajstić information content (AvgIpc) is 2.02. The monoisotopic (exact) mass is 198 g/mol. The normalized spacial score (nSPS) is 20.9. The third-order valence-corrected chi connectivity index (χ3v) is 2.81. The van der Waals surface area contributed by atoms with E-state index in [0.717, 1.165) is 12.8 Å². The summed E-state index contributed by atoms with van der Waals surface area (Å²) in [6.07, 6.45) is 6.10. The van der Waals surface area contributed by atoms with Crippen LogP contribution in [0.2, 0.25) is 0 Å². The van der Waals surface area contributed by atoms with Crippen LogP contribution in [0.15, 0.2) is 0 Å². The highest BCUT2D eigenvalue weighted by Gasteiger charge is 2.29. The van der Waals surface area contributed by atoms with Crippen LogP contribution in [-0.4, -0.2) is 17.5 Å². The van der Waals surface area contributed by atoms with Crippen LogP contribution in [0.1, 0.15) is 52.4 Å². The average molecular weight is 198 g/mol. The SMILES string of the molecule is CC(C)NC(=O)CC1(N)CCCCC1. The fraction of sp³-hybridized carbons (Fsp3) is 0.909. The van der Waals surface area contributed by atoms with Gasteiger partial charge in [-0.1, -0.05) is 19.3 Å². The molecule has 1 fully saturated rings. The van der Waals surface area contributed by atoms with E-state index in [9.17, 15) is 4.79 Å². The standard InChI is InChI=1S/C11H22N2O/c1-9(2)13-10(14)8-11(12)6-4-3-5-7-11/h9H,3-8,12H2,1-2H3,(H,13,14). The van der Waals surface area contributed by atoms with Crippen molar-refractivity contribution in [2.45, 2.75) is 64.0 Å². The topological polar surface area (TPSA) is 55.1 Å². The number of hydrogen-bond acceptors (Lipinski definition) is 2. The van der Waals surface area contributed by atoms with Gasteiger partial charge in [0, 0.05) is 18.0 Å². The van der Waals surface area contributed by atoms with Crippen molar-refractivity contribution in [3.05, 3.63) is 0 Å². The van der Waals surface area contributed by atoms with Crippen molar-refractivity contribution >= 4 is 5.91 Å². The van der Waals surface area contributed by atoms with E-state index in [1.54, 1.807) is 0 Å². The number of rotatable bonds is 3. The highest BCUT2D eigenvalue weighted by atomic mass is 16.1. The summed E-state index contributed by atoms with van der Waals surface area (Å²) in [7, 11) is 0. The summed E-state index contributed by atoms with van der Waals surface area (Å²) < 4.78 is 0. The molecule has 0 radical (unpaired) electrons. The molecule has 0 unspecified atom stereocenters. The molecule has 1 saturated carbocycles. The third kappa shape index (κ3) is 3.66. The molecule has 0 bridgehead atoms. The van der Waals surface area contributed by atoms with Crippen molar-refractivity contribution in [1.29, 1.82) is 0 Å². The highest BCUT2D eigenvalue weighted by Crippen LogP contribution is 2.28. The predicted molar refractivity (Wildman–Crippen MR) is 57.9 cm³/mol. The molecule has 3 nitrogen and oxygen atoms in total. The van der Waals surface area contributed by atoms with E-state index in [-0.39, 0.29) is 17.5 Å². The first kappa shape index (κ1) is 11.5. The second kappa shape index (κ2) is 4.78. The fourth-order valence-electron chi connectivity index (χ4n) is 2.13. The van der Waals surface area contributed by atoms with Crippen LogP contribution < -0.4 is 11.1 Å². The molecule has 82 valence electrons. The zero-order valence-electron chi connectivity index (χ0n) is 9.31. The Balaban J connectivity index is 2.37. The van der Waals surface area contributed by atoms with Gasteiger partial charge in [0.2, 0.25) is 5.91 Å². The highest BCUT2D eigenvalue weighted by molar-refractivity contribution is 5.77. The number of amides is 1. The molecule has 1 rings (SSSR count). The van der Waals surface area contributed by atoms with Crippen LogP contribution in [0.4, 0.5) is 0 Å². The summed E-state index contributed by atoms with van der Waals surface area (Å²) >= 11 is 0. The second-order valence-corrected chi connectivity index (χ2v) is 4.82. The van der Waals surface area contributed by atoms with Crippen molar-refractivity contribution in [2.75, 3.05) is 0 Å². The molecule has 0 spiro atoms. The van der Waals surface area contributed by atoms with Crippen molar-refractivity contribution in [2.24, 2.45) is 5.73 Å². The van der Waals surface area contributed by atoms with Gasteiger partial charge in [-0.2, -0.15) is 0 Å². The molecule has 0 aliphatic heterocycles. The first-order chi connectivity index (χ1) is 6.52. The number of hydrogen-bond donors (Lipinski definition) is 2. The molecule has 1 aliphatic rings. The smallest absolute Gasteiger partial charge is 0.222 e. The zero-order valence-corrected chi connectivity index (χ0v) is 9.31. The van der Waals surface area contributed by atoms with Crippen molar-refractivity contribution in [3.63, 3.8) is 0 Å². The lowest BCUT2D eigenvalue weighted by Gasteiger charge is -2.33. The van der Waals surface area contributed by atoms with Crippen LogP contribution in [-0.2, 0) is 4.79 Å². The van der Waals surface area contributed by atoms with Crippen molar-refractivity contribution < 1.29 is 4.79 Å². The molecule has 1 amide bonds. The summed E-state index contributed by atoms with van der Waals surface area (Å²) in [5.74, 6) is 0.101. The minimum Gasteiger partial charge on any atom is -0.354 e. The number of nitrogens with one attached hydrogen (secondary N) is 1. The molecule has 0 aromatic rings. The Kier molecular flexibility index (Phi) is 3.93. The Morgan fingerprint density at radius 3 is 2.43 bits per heavy atom. The van der Waals surface area contributed by atoms with Gasteiger partial charge in [0.1, 0.15) is 0 Å². The number of carbonyl (C=O) groups is 1. The first-order valence-electron chi connectivity index (χ1n) is 5.60. The minimum absolute atomic E-state index is 0.101. The van der Waals surface area contributed by atoms with E-state index >= 15 is 0 Å². The van der Waals surface area contributed by atoms with Crippen LogP contribution in [0, 0.1) is 0 Å². The predicted octanol–water partition coefficient (Wildman–Crippen LogP) is 1.56. The summed E-state index contributed by atoms with van der Waals surface area (Å²) in [5, 5.41) is 2.90. The van der Waals surface area contributed by atoms with Gasteiger partial charge in [-0.3, -0.25) is 4.79 Å². The Labute approximate surface area is 86.4 Å². The molecular weight excluding hydrogens is 176 g/mol. The Bertz CT molecular complexity index is 195. The maximum Gasteiger partial charge on any atom is 0.222 e. The Morgan fingerprint density at radius 1 is 1.36 bits per heavy atom. The van der Waals surface area contributed by atoms with E-state index in [0.29, 0.717) is 6.42 Å². The van der Waals surface area contributed by atoms with Crippen molar-refractivity contribution in [3.8, 4) is 0 Å². The van der Waals surface area contributed by atoms with Crippen LogP contribution in [0.3, 0.4) is 0 Å². The van der Waals surface area contributed by atoms with Gasteiger partial charge in [0.15, 0.2) is 0 Å². The number of nitrogens with two attached hydrogens (primary N) is 1. The lowest BCUT2D eigenvalue weighted by molar-refractivity contribution is -0.123. The lowest BCUT2D eigenvalue weighted by Crippen LogP contribution is -2.46. The molecule has 3 heteroatoms. The zero-order chi connectivity index (χ0) is 10.6. The maximum atomic E-state index is 11.5. The molecule has 0 aromatic heterocycles. The molecule has 3 N–H and O–H groups in total. The molecule has 0 aromatic carbocycles. The largest absolute Gasteiger partial charge is 0.354 e. The summed E-state index contributed by atoms with van der Waals surface area (Å²) in [6.45, 7) is 3.95. The van der Waals surface area contributed by atoms with E-state index in [2.05, 4.69) is 5.32 Å². The van der Waals surface area contributed by atoms with Gasteiger partial charge in [-0.05, 0) is 26.7 Å². The molecule has 0 heterocycles.